The van der Waals surface area contributed by atoms with Crippen molar-refractivity contribution in [2.45, 2.75) is 20.4 Å². The fourth-order valence-corrected chi connectivity index (χ4v) is 3.16. The number of nitrogens with one attached hydrogen (secondary N) is 1. The highest BCUT2D eigenvalue weighted by atomic mass is 32.2. The maximum Gasteiger partial charge on any atom is 0.279 e. The van der Waals surface area contributed by atoms with Crippen molar-refractivity contribution in [1.82, 2.24) is 18.8 Å². The van der Waals surface area contributed by atoms with Crippen LogP contribution in [0.5, 0.6) is 0 Å². The molecule has 0 aliphatic rings. The monoisotopic (exact) mass is 347 g/mol. The molecule has 1 N–H and O–H groups in total. The van der Waals surface area contributed by atoms with Gasteiger partial charge in [0, 0.05) is 31.9 Å². The molecule has 0 spiro atoms. The van der Waals surface area contributed by atoms with Crippen LogP contribution in [0.25, 0.3) is 5.69 Å². The van der Waals surface area contributed by atoms with Crippen LogP contribution in [0.2, 0.25) is 0 Å². The Morgan fingerprint density at radius 3 is 2.67 bits per heavy atom. The number of benzene rings is 1. The lowest BCUT2D eigenvalue weighted by Gasteiger charge is -2.18. The summed E-state index contributed by atoms with van der Waals surface area (Å²) in [6, 6.07) is 11.6. The smallest absolute Gasteiger partial charge is 0.240 e. The lowest BCUT2D eigenvalue weighted by atomic mass is 10.2. The zero-order chi connectivity index (χ0) is 17.7. The van der Waals surface area contributed by atoms with Crippen molar-refractivity contribution < 1.29 is 8.42 Å². The molecule has 1 aromatic carbocycles. The highest BCUT2D eigenvalue weighted by Crippen LogP contribution is 2.12. The van der Waals surface area contributed by atoms with Crippen LogP contribution in [0.1, 0.15) is 18.2 Å². The highest BCUT2D eigenvalue weighted by molar-refractivity contribution is 7.87. The second-order valence-corrected chi connectivity index (χ2v) is 7.52. The number of aryl methyl sites for hydroxylation is 1. The molecule has 0 aliphatic carbocycles. The summed E-state index contributed by atoms with van der Waals surface area (Å²) < 4.78 is 29.9. The summed E-state index contributed by atoms with van der Waals surface area (Å²) in [5.74, 6) is -0.367. The molecule has 1 atom stereocenters. The van der Waals surface area contributed by atoms with Gasteiger partial charge >= 0.3 is 0 Å². The molecule has 128 valence electrons. The summed E-state index contributed by atoms with van der Waals surface area (Å²) in [7, 11) is -2.19. The number of aromatic nitrogens is 2. The second kappa shape index (κ2) is 7.57. The van der Waals surface area contributed by atoms with Crippen molar-refractivity contribution in [3.05, 3.63) is 47.8 Å². The molecule has 0 bridgehead atoms. The number of rotatable bonds is 7. The molecule has 0 amide bonds. The average molecular weight is 347 g/mol. The number of hydrogen-bond donors (Lipinski definition) is 1. The third-order valence-electron chi connectivity index (χ3n) is 3.63. The molecule has 2 rings (SSSR count). The van der Waals surface area contributed by atoms with Crippen LogP contribution in [-0.4, -0.2) is 36.1 Å². The quantitative estimate of drug-likeness (QED) is 0.824. The summed E-state index contributed by atoms with van der Waals surface area (Å²) in [5, 5.41) is 13.2. The number of nitrogens with zero attached hydrogens (tertiary/aromatic N) is 4. The molecule has 0 saturated carbocycles. The van der Waals surface area contributed by atoms with Gasteiger partial charge < -0.3 is 0 Å². The predicted octanol–water partition coefficient (Wildman–Crippen LogP) is 1.61. The van der Waals surface area contributed by atoms with E-state index >= 15 is 0 Å². The summed E-state index contributed by atoms with van der Waals surface area (Å²) in [6.07, 6.45) is 1.81. The molecular weight excluding hydrogens is 326 g/mol. The molecule has 0 saturated heterocycles. The lowest BCUT2D eigenvalue weighted by molar-refractivity contribution is 0.430. The Balaban J connectivity index is 2.07. The summed E-state index contributed by atoms with van der Waals surface area (Å²) in [6.45, 7) is 3.81. The summed E-state index contributed by atoms with van der Waals surface area (Å²) in [5.41, 5.74) is 2.47. The Morgan fingerprint density at radius 1 is 1.38 bits per heavy atom. The second-order valence-electron chi connectivity index (χ2n) is 5.66. The molecule has 2 aromatic rings. The minimum absolute atomic E-state index is 0.145. The van der Waals surface area contributed by atoms with Crippen LogP contribution >= 0.6 is 0 Å². The molecule has 0 aliphatic heterocycles. The van der Waals surface area contributed by atoms with E-state index in [1.807, 2.05) is 49.5 Å². The van der Waals surface area contributed by atoms with E-state index < -0.39 is 10.2 Å². The first-order valence-corrected chi connectivity index (χ1v) is 8.98. The lowest BCUT2D eigenvalue weighted by Crippen LogP contribution is -2.39. The normalized spacial score (nSPS) is 13.0. The molecular formula is C16H21N5O2S. The maximum absolute atomic E-state index is 12.2. The van der Waals surface area contributed by atoms with Gasteiger partial charge in [-0.15, -0.1) is 0 Å². The molecule has 1 aromatic heterocycles. The van der Waals surface area contributed by atoms with E-state index in [-0.39, 0.29) is 19.0 Å². The van der Waals surface area contributed by atoms with Crippen LogP contribution < -0.4 is 4.72 Å². The van der Waals surface area contributed by atoms with E-state index in [1.165, 1.54) is 7.05 Å². The molecule has 8 heteroatoms. The number of nitriles is 1. The fourth-order valence-electron chi connectivity index (χ4n) is 2.19. The Morgan fingerprint density at radius 2 is 2.04 bits per heavy atom. The van der Waals surface area contributed by atoms with Crippen LogP contribution in [-0.2, 0) is 16.8 Å². The van der Waals surface area contributed by atoms with Crippen LogP contribution in [0.4, 0.5) is 0 Å². The van der Waals surface area contributed by atoms with E-state index in [0.29, 0.717) is 0 Å². The van der Waals surface area contributed by atoms with Crippen molar-refractivity contribution in [2.24, 2.45) is 5.92 Å². The maximum atomic E-state index is 12.2. The number of hydrogen-bond acceptors (Lipinski definition) is 4. The first kappa shape index (κ1) is 18.1. The van der Waals surface area contributed by atoms with Gasteiger partial charge in [0.1, 0.15) is 0 Å². The Hall–Kier alpha value is -2.21. The first-order valence-electron chi connectivity index (χ1n) is 7.54. The fraction of sp³-hybridized carbons (Fsp3) is 0.375. The minimum atomic E-state index is -3.64. The summed E-state index contributed by atoms with van der Waals surface area (Å²) >= 11 is 0. The van der Waals surface area contributed by atoms with Crippen molar-refractivity contribution >= 4 is 10.2 Å². The van der Waals surface area contributed by atoms with Crippen molar-refractivity contribution in [3.63, 3.8) is 0 Å². The zero-order valence-corrected chi connectivity index (χ0v) is 14.8. The SMILES string of the molecule is Cc1nn(-c2ccccc2)cc1CNS(=O)(=O)N(C)C[C@@H](C)C#N. The van der Waals surface area contributed by atoms with Gasteiger partial charge in [0.25, 0.3) is 10.2 Å². The third kappa shape index (κ3) is 4.41. The van der Waals surface area contributed by atoms with Crippen molar-refractivity contribution in [3.8, 4) is 11.8 Å². The average Bonchev–Trinajstić information content (AvgIpc) is 2.94. The number of para-hydroxylation sites is 1. The Labute approximate surface area is 142 Å². The van der Waals surface area contributed by atoms with Crippen LogP contribution in [0.15, 0.2) is 36.5 Å². The summed E-state index contributed by atoms with van der Waals surface area (Å²) in [4.78, 5) is 0. The molecule has 24 heavy (non-hydrogen) atoms. The molecule has 7 nitrogen and oxygen atoms in total. The third-order valence-corrected chi connectivity index (χ3v) is 5.11. The standard InChI is InChI=1S/C16H21N5O2S/c1-13(9-17)11-20(3)24(22,23)18-10-15-12-21(19-14(15)2)16-7-5-4-6-8-16/h4-8,12-13,18H,10-11H2,1-3H3/t13-/m0/s1. The van der Waals surface area contributed by atoms with Gasteiger partial charge in [-0.05, 0) is 26.0 Å². The van der Waals surface area contributed by atoms with Crippen molar-refractivity contribution in [1.29, 1.82) is 5.26 Å². The van der Waals surface area contributed by atoms with Crippen molar-refractivity contribution in [2.75, 3.05) is 13.6 Å². The van der Waals surface area contributed by atoms with Gasteiger partial charge in [0.05, 0.1) is 23.4 Å². The minimum Gasteiger partial charge on any atom is -0.240 e. The molecule has 1 heterocycles. The highest BCUT2D eigenvalue weighted by Gasteiger charge is 2.20. The van der Waals surface area contributed by atoms with E-state index in [4.69, 9.17) is 5.26 Å². The van der Waals surface area contributed by atoms with Crippen LogP contribution in [0.3, 0.4) is 0 Å². The van der Waals surface area contributed by atoms with E-state index in [0.717, 1.165) is 21.2 Å². The Kier molecular flexibility index (Phi) is 5.72. The van der Waals surface area contributed by atoms with Crippen LogP contribution in [0, 0.1) is 24.2 Å². The van der Waals surface area contributed by atoms with Gasteiger partial charge in [-0.2, -0.15) is 27.8 Å². The van der Waals surface area contributed by atoms with E-state index in [1.54, 1.807) is 11.6 Å². The zero-order valence-electron chi connectivity index (χ0n) is 14.0. The topological polar surface area (TPSA) is 91.0 Å². The van der Waals surface area contributed by atoms with Gasteiger partial charge in [0.2, 0.25) is 0 Å². The van der Waals surface area contributed by atoms with Gasteiger partial charge in [-0.25, -0.2) is 4.68 Å². The Bertz CT molecular complexity index is 824. The molecule has 0 radical (unpaired) electrons. The van der Waals surface area contributed by atoms with Gasteiger partial charge in [-0.1, -0.05) is 18.2 Å². The predicted molar refractivity (Wildman–Crippen MR) is 91.5 cm³/mol. The largest absolute Gasteiger partial charge is 0.279 e. The first-order chi connectivity index (χ1) is 11.3. The van der Waals surface area contributed by atoms with E-state index in [2.05, 4.69) is 9.82 Å². The van der Waals surface area contributed by atoms with E-state index in [9.17, 15) is 8.42 Å². The van der Waals surface area contributed by atoms with Gasteiger partial charge in [-0.3, -0.25) is 0 Å². The van der Waals surface area contributed by atoms with Gasteiger partial charge in [0.15, 0.2) is 0 Å². The molecule has 0 fully saturated rings. The molecule has 0 unspecified atom stereocenters.